The molecule has 0 aliphatic carbocycles. The highest BCUT2D eigenvalue weighted by Crippen LogP contribution is 2.18. The molecule has 2 heterocycles. The molecule has 22 heavy (non-hydrogen) atoms. The van der Waals surface area contributed by atoms with Crippen molar-refractivity contribution in [1.29, 1.82) is 0 Å². The number of guanidine groups is 1. The molecule has 0 atom stereocenters. The first-order valence-corrected chi connectivity index (χ1v) is 8.21. The van der Waals surface area contributed by atoms with Gasteiger partial charge in [-0.2, -0.15) is 5.10 Å². The van der Waals surface area contributed by atoms with Gasteiger partial charge in [-0.25, -0.2) is 4.98 Å². The Bertz CT molecular complexity index is 628. The molecule has 0 aliphatic heterocycles. The zero-order valence-corrected chi connectivity index (χ0v) is 14.7. The number of nitrogens with zero attached hydrogens (tertiary/aromatic N) is 5. The minimum atomic E-state index is 0.478. The fourth-order valence-electron chi connectivity index (χ4n) is 2.13. The standard InChI is InChI=1S/C15H24N6S/c1-11(2)14-19-13(10-22-14)7-17-15(16-3)20(4)8-12-6-18-21(5)9-12/h6,9-11H,7-8H2,1-5H3,(H,16,17). The van der Waals surface area contributed by atoms with Crippen molar-refractivity contribution in [3.05, 3.63) is 34.0 Å². The molecule has 120 valence electrons. The van der Waals surface area contributed by atoms with Crippen LogP contribution in [0.25, 0.3) is 0 Å². The van der Waals surface area contributed by atoms with E-state index in [4.69, 9.17) is 0 Å². The van der Waals surface area contributed by atoms with Gasteiger partial charge in [0.25, 0.3) is 0 Å². The first-order valence-electron chi connectivity index (χ1n) is 7.33. The van der Waals surface area contributed by atoms with Gasteiger partial charge in [0, 0.05) is 50.7 Å². The predicted molar refractivity (Wildman–Crippen MR) is 91.1 cm³/mol. The summed E-state index contributed by atoms with van der Waals surface area (Å²) < 4.78 is 1.81. The van der Waals surface area contributed by atoms with Crippen LogP contribution < -0.4 is 5.32 Å². The van der Waals surface area contributed by atoms with Gasteiger partial charge < -0.3 is 10.2 Å². The number of nitrogens with one attached hydrogen (secondary N) is 1. The van der Waals surface area contributed by atoms with Crippen molar-refractivity contribution in [2.75, 3.05) is 14.1 Å². The smallest absolute Gasteiger partial charge is 0.194 e. The Morgan fingerprint density at radius 1 is 1.50 bits per heavy atom. The van der Waals surface area contributed by atoms with Crippen LogP contribution in [0.1, 0.15) is 36.0 Å². The summed E-state index contributed by atoms with van der Waals surface area (Å²) in [6.07, 6.45) is 3.89. The second kappa shape index (κ2) is 7.40. The van der Waals surface area contributed by atoms with E-state index in [0.717, 1.165) is 23.8 Å². The van der Waals surface area contributed by atoms with Crippen LogP contribution in [0.4, 0.5) is 0 Å². The minimum Gasteiger partial charge on any atom is -0.351 e. The maximum atomic E-state index is 4.63. The molecule has 6 nitrogen and oxygen atoms in total. The Balaban J connectivity index is 1.91. The number of hydrogen-bond acceptors (Lipinski definition) is 4. The Kier molecular flexibility index (Phi) is 5.54. The SMILES string of the molecule is CN=C(NCc1csc(C(C)C)n1)N(C)Cc1cnn(C)c1. The molecule has 0 spiro atoms. The summed E-state index contributed by atoms with van der Waals surface area (Å²) in [5.41, 5.74) is 2.22. The minimum absolute atomic E-state index is 0.478. The van der Waals surface area contributed by atoms with Gasteiger partial charge in [0.15, 0.2) is 5.96 Å². The molecule has 0 radical (unpaired) electrons. The van der Waals surface area contributed by atoms with Gasteiger partial charge in [0.05, 0.1) is 23.4 Å². The van der Waals surface area contributed by atoms with Crippen molar-refractivity contribution >= 4 is 17.3 Å². The molecule has 7 heteroatoms. The van der Waals surface area contributed by atoms with E-state index in [1.54, 1.807) is 18.4 Å². The summed E-state index contributed by atoms with van der Waals surface area (Å²) in [5, 5.41) is 10.8. The molecular weight excluding hydrogens is 296 g/mol. The fourth-order valence-corrected chi connectivity index (χ4v) is 2.96. The van der Waals surface area contributed by atoms with Gasteiger partial charge in [-0.1, -0.05) is 13.8 Å². The lowest BCUT2D eigenvalue weighted by Crippen LogP contribution is -2.38. The van der Waals surface area contributed by atoms with Crippen molar-refractivity contribution in [3.8, 4) is 0 Å². The highest BCUT2D eigenvalue weighted by Gasteiger charge is 2.10. The Labute approximate surface area is 135 Å². The molecule has 0 aromatic carbocycles. The number of thiazole rings is 1. The van der Waals surface area contributed by atoms with Crippen LogP contribution >= 0.6 is 11.3 Å². The van der Waals surface area contributed by atoms with E-state index in [0.29, 0.717) is 12.5 Å². The van der Waals surface area contributed by atoms with Crippen molar-refractivity contribution in [3.63, 3.8) is 0 Å². The van der Waals surface area contributed by atoms with E-state index >= 15 is 0 Å². The molecule has 0 amide bonds. The number of aryl methyl sites for hydroxylation is 1. The van der Waals surface area contributed by atoms with Crippen LogP contribution in [-0.4, -0.2) is 39.7 Å². The average molecular weight is 320 g/mol. The van der Waals surface area contributed by atoms with Crippen LogP contribution in [0, 0.1) is 0 Å². The van der Waals surface area contributed by atoms with Crippen LogP contribution in [0.2, 0.25) is 0 Å². The molecule has 0 aliphatic rings. The second-order valence-electron chi connectivity index (χ2n) is 5.61. The van der Waals surface area contributed by atoms with Gasteiger partial charge in [0.1, 0.15) is 0 Å². The van der Waals surface area contributed by atoms with Crippen LogP contribution in [0.5, 0.6) is 0 Å². The highest BCUT2D eigenvalue weighted by atomic mass is 32.1. The zero-order valence-electron chi connectivity index (χ0n) is 13.9. The van der Waals surface area contributed by atoms with E-state index < -0.39 is 0 Å². The molecule has 0 bridgehead atoms. The Hall–Kier alpha value is -1.89. The molecule has 2 aromatic heterocycles. The van der Waals surface area contributed by atoms with Gasteiger partial charge in [-0.15, -0.1) is 11.3 Å². The average Bonchev–Trinajstić information content (AvgIpc) is 3.09. The lowest BCUT2D eigenvalue weighted by Gasteiger charge is -2.21. The molecule has 0 unspecified atom stereocenters. The topological polar surface area (TPSA) is 58.3 Å². The van der Waals surface area contributed by atoms with Crippen molar-refractivity contribution < 1.29 is 0 Å². The zero-order chi connectivity index (χ0) is 16.1. The molecule has 0 saturated carbocycles. The molecular formula is C15H24N6S. The molecule has 1 N–H and O–H groups in total. The van der Waals surface area contributed by atoms with Gasteiger partial charge in [-0.3, -0.25) is 9.67 Å². The van der Waals surface area contributed by atoms with Crippen LogP contribution in [0.3, 0.4) is 0 Å². The summed E-state index contributed by atoms with van der Waals surface area (Å²) in [4.78, 5) is 11.0. The lowest BCUT2D eigenvalue weighted by atomic mass is 10.2. The van der Waals surface area contributed by atoms with Crippen molar-refractivity contribution in [2.45, 2.75) is 32.9 Å². The largest absolute Gasteiger partial charge is 0.351 e. The fraction of sp³-hybridized carbons (Fsp3) is 0.533. The monoisotopic (exact) mass is 320 g/mol. The summed E-state index contributed by atoms with van der Waals surface area (Å²) >= 11 is 1.72. The van der Waals surface area contributed by atoms with E-state index in [2.05, 4.69) is 44.5 Å². The third-order valence-electron chi connectivity index (χ3n) is 3.24. The number of rotatable bonds is 5. The maximum Gasteiger partial charge on any atom is 0.194 e. The normalized spacial score (nSPS) is 12.0. The summed E-state index contributed by atoms with van der Waals surface area (Å²) in [6.45, 7) is 5.78. The Morgan fingerprint density at radius 3 is 2.82 bits per heavy atom. The Morgan fingerprint density at radius 2 is 2.27 bits per heavy atom. The number of aliphatic imine (C=N–C) groups is 1. The van der Waals surface area contributed by atoms with E-state index in [1.807, 2.05) is 31.2 Å². The molecule has 2 aromatic rings. The summed E-state index contributed by atoms with van der Waals surface area (Å²) in [7, 11) is 5.73. The van der Waals surface area contributed by atoms with Crippen molar-refractivity contribution in [2.24, 2.45) is 12.0 Å². The first-order chi connectivity index (χ1) is 10.5. The quantitative estimate of drug-likeness (QED) is 0.678. The van der Waals surface area contributed by atoms with Gasteiger partial charge in [0.2, 0.25) is 0 Å². The van der Waals surface area contributed by atoms with E-state index in [1.165, 1.54) is 5.01 Å². The predicted octanol–water partition coefficient (Wildman–Crippen LogP) is 2.21. The molecule has 0 saturated heterocycles. The molecule has 2 rings (SSSR count). The van der Waals surface area contributed by atoms with Crippen LogP contribution in [0.15, 0.2) is 22.8 Å². The number of hydrogen-bond donors (Lipinski definition) is 1. The van der Waals surface area contributed by atoms with Crippen LogP contribution in [-0.2, 0) is 20.1 Å². The first kappa shape index (κ1) is 16.5. The second-order valence-corrected chi connectivity index (χ2v) is 6.50. The highest BCUT2D eigenvalue weighted by molar-refractivity contribution is 7.09. The third kappa shape index (κ3) is 4.30. The van der Waals surface area contributed by atoms with Crippen molar-refractivity contribution in [1.82, 2.24) is 25.0 Å². The van der Waals surface area contributed by atoms with E-state index in [9.17, 15) is 0 Å². The molecule has 0 fully saturated rings. The summed E-state index contributed by atoms with van der Waals surface area (Å²) in [6, 6.07) is 0. The third-order valence-corrected chi connectivity index (χ3v) is 4.44. The van der Waals surface area contributed by atoms with Gasteiger partial charge in [-0.05, 0) is 0 Å². The lowest BCUT2D eigenvalue weighted by molar-refractivity contribution is 0.476. The van der Waals surface area contributed by atoms with Gasteiger partial charge >= 0.3 is 0 Å². The summed E-state index contributed by atoms with van der Waals surface area (Å²) in [5.74, 6) is 1.33. The van der Waals surface area contributed by atoms with E-state index in [-0.39, 0.29) is 0 Å². The maximum absolute atomic E-state index is 4.63. The number of aromatic nitrogens is 3.